The highest BCUT2D eigenvalue weighted by molar-refractivity contribution is 7.89. The summed E-state index contributed by atoms with van der Waals surface area (Å²) in [5.41, 5.74) is 5.46. The highest BCUT2D eigenvalue weighted by Gasteiger charge is 2.27. The number of nitrogens with zero attached hydrogens (tertiary/aromatic N) is 1. The lowest BCUT2D eigenvalue weighted by Crippen LogP contribution is -2.44. The van der Waals surface area contributed by atoms with E-state index in [4.69, 9.17) is 10.5 Å². The normalized spacial score (nSPS) is 14.9. The molecule has 108 valence electrons. The van der Waals surface area contributed by atoms with Crippen LogP contribution in [-0.4, -0.2) is 43.3 Å². The Morgan fingerprint density at radius 3 is 2.74 bits per heavy atom. The van der Waals surface area contributed by atoms with Crippen molar-refractivity contribution in [2.75, 3.05) is 6.61 Å². The number of rotatable bonds is 6. The van der Waals surface area contributed by atoms with Crippen LogP contribution in [0.5, 0.6) is 0 Å². The van der Waals surface area contributed by atoms with Crippen LogP contribution in [0.25, 0.3) is 0 Å². The fraction of sp³-hybridized carbons (Fsp3) is 0.600. The summed E-state index contributed by atoms with van der Waals surface area (Å²) >= 11 is 0. The molecule has 0 saturated carbocycles. The van der Waals surface area contributed by atoms with Crippen LogP contribution in [0.1, 0.15) is 31.1 Å². The van der Waals surface area contributed by atoms with Crippen molar-refractivity contribution in [3.8, 4) is 0 Å². The number of nitrogens with one attached hydrogen (secondary N) is 2. The van der Waals surface area contributed by atoms with Gasteiger partial charge in [0.15, 0.2) is 5.03 Å². The molecule has 0 radical (unpaired) electrons. The maximum Gasteiger partial charge on any atom is 0.342 e. The number of esters is 1. The van der Waals surface area contributed by atoms with Gasteiger partial charge in [-0.25, -0.2) is 17.9 Å². The van der Waals surface area contributed by atoms with Gasteiger partial charge in [-0.15, -0.1) is 0 Å². The van der Waals surface area contributed by atoms with Crippen LogP contribution in [0.15, 0.2) is 11.2 Å². The van der Waals surface area contributed by atoms with E-state index in [0.717, 1.165) is 6.20 Å². The van der Waals surface area contributed by atoms with Crippen molar-refractivity contribution in [1.29, 1.82) is 0 Å². The van der Waals surface area contributed by atoms with Crippen LogP contribution in [0.4, 0.5) is 0 Å². The summed E-state index contributed by atoms with van der Waals surface area (Å²) in [6.45, 7) is 5.07. The van der Waals surface area contributed by atoms with Crippen molar-refractivity contribution in [2.45, 2.75) is 37.9 Å². The molecule has 9 heteroatoms. The second kappa shape index (κ2) is 6.13. The van der Waals surface area contributed by atoms with Crippen molar-refractivity contribution in [3.63, 3.8) is 0 Å². The highest BCUT2D eigenvalue weighted by Crippen LogP contribution is 2.13. The highest BCUT2D eigenvalue weighted by atomic mass is 32.2. The van der Waals surface area contributed by atoms with Gasteiger partial charge in [0.1, 0.15) is 5.56 Å². The Morgan fingerprint density at radius 2 is 2.21 bits per heavy atom. The molecule has 0 amide bonds. The second-order valence-electron chi connectivity index (χ2n) is 4.10. The fourth-order valence-electron chi connectivity index (χ4n) is 1.24. The minimum atomic E-state index is -3.90. The molecule has 19 heavy (non-hydrogen) atoms. The summed E-state index contributed by atoms with van der Waals surface area (Å²) < 4.78 is 31.3. The maximum absolute atomic E-state index is 12.1. The third kappa shape index (κ3) is 3.75. The van der Waals surface area contributed by atoms with Crippen molar-refractivity contribution in [2.24, 2.45) is 5.73 Å². The van der Waals surface area contributed by atoms with E-state index in [9.17, 15) is 13.2 Å². The molecule has 1 heterocycles. The quantitative estimate of drug-likeness (QED) is 0.612. The van der Waals surface area contributed by atoms with Gasteiger partial charge in [-0.2, -0.15) is 5.10 Å². The number of hydrogen-bond donors (Lipinski definition) is 3. The average Bonchev–Trinajstić information content (AvgIpc) is 2.78. The Balaban J connectivity index is 3.03. The Hall–Kier alpha value is -1.45. The predicted molar refractivity (Wildman–Crippen MR) is 68.0 cm³/mol. The Kier molecular flexibility index (Phi) is 5.04. The van der Waals surface area contributed by atoms with Crippen molar-refractivity contribution < 1.29 is 17.9 Å². The molecule has 0 aromatic carbocycles. The number of carbonyl (C=O) groups is 1. The molecule has 0 saturated heterocycles. The number of hydrogen-bond acceptors (Lipinski definition) is 6. The van der Waals surface area contributed by atoms with Crippen LogP contribution in [-0.2, 0) is 14.8 Å². The first-order valence-electron chi connectivity index (χ1n) is 5.78. The Morgan fingerprint density at radius 1 is 1.58 bits per heavy atom. The Bertz CT molecular complexity index is 537. The number of sulfonamides is 1. The molecule has 0 bridgehead atoms. The lowest BCUT2D eigenvalue weighted by Gasteiger charge is -2.17. The third-order valence-electron chi connectivity index (χ3n) is 2.50. The zero-order chi connectivity index (χ0) is 14.6. The number of aromatic amines is 1. The third-order valence-corrected chi connectivity index (χ3v) is 4.03. The monoisotopic (exact) mass is 290 g/mol. The lowest BCUT2D eigenvalue weighted by molar-refractivity contribution is 0.0522. The van der Waals surface area contributed by atoms with Gasteiger partial charge in [-0.1, -0.05) is 0 Å². The van der Waals surface area contributed by atoms with Crippen LogP contribution >= 0.6 is 0 Å². The summed E-state index contributed by atoms with van der Waals surface area (Å²) in [5, 5.41) is 5.53. The first kappa shape index (κ1) is 15.6. The van der Waals surface area contributed by atoms with Gasteiger partial charge in [0.05, 0.1) is 12.8 Å². The van der Waals surface area contributed by atoms with E-state index in [1.807, 2.05) is 0 Å². The standard InChI is InChI=1S/C10H18N4O4S/c1-4-18-10(15)8-5-12-13-9(8)19(16,17)14-7(3)6(2)11/h5-7,14H,4,11H2,1-3H3,(H,12,13). The topological polar surface area (TPSA) is 127 Å². The zero-order valence-corrected chi connectivity index (χ0v) is 11.8. The molecule has 1 aromatic heterocycles. The maximum atomic E-state index is 12.1. The van der Waals surface area contributed by atoms with Crippen LogP contribution in [0.3, 0.4) is 0 Å². The zero-order valence-electron chi connectivity index (χ0n) is 11.0. The van der Waals surface area contributed by atoms with Crippen LogP contribution in [0, 0.1) is 0 Å². The summed E-state index contributed by atoms with van der Waals surface area (Å²) in [7, 11) is -3.90. The first-order valence-corrected chi connectivity index (χ1v) is 7.26. The molecular formula is C10H18N4O4S. The molecule has 1 aromatic rings. The smallest absolute Gasteiger partial charge is 0.342 e. The summed E-state index contributed by atoms with van der Waals surface area (Å²) in [4.78, 5) is 11.6. The van der Waals surface area contributed by atoms with Gasteiger partial charge in [0, 0.05) is 12.1 Å². The molecule has 4 N–H and O–H groups in total. The fourth-order valence-corrected chi connectivity index (χ4v) is 2.66. The molecular weight excluding hydrogens is 272 g/mol. The summed E-state index contributed by atoms with van der Waals surface area (Å²) in [6.07, 6.45) is 1.11. The van der Waals surface area contributed by atoms with Gasteiger partial charge >= 0.3 is 5.97 Å². The predicted octanol–water partition coefficient (Wildman–Crippen LogP) is -0.400. The molecule has 2 atom stereocenters. The molecule has 0 fully saturated rings. The minimum absolute atomic E-state index is 0.133. The SMILES string of the molecule is CCOC(=O)c1cn[nH]c1S(=O)(=O)NC(C)C(C)N. The van der Waals surface area contributed by atoms with E-state index in [-0.39, 0.29) is 23.2 Å². The molecule has 0 aliphatic carbocycles. The second-order valence-corrected chi connectivity index (χ2v) is 5.75. The Labute approximate surface area is 111 Å². The molecule has 8 nitrogen and oxygen atoms in total. The van der Waals surface area contributed by atoms with E-state index in [1.54, 1.807) is 20.8 Å². The van der Waals surface area contributed by atoms with E-state index >= 15 is 0 Å². The van der Waals surface area contributed by atoms with E-state index in [1.165, 1.54) is 0 Å². The average molecular weight is 290 g/mol. The number of ether oxygens (including phenoxy) is 1. The van der Waals surface area contributed by atoms with Gasteiger partial charge in [0.25, 0.3) is 10.0 Å². The molecule has 2 unspecified atom stereocenters. The lowest BCUT2D eigenvalue weighted by atomic mass is 10.2. The number of aromatic nitrogens is 2. The molecule has 0 aliphatic heterocycles. The minimum Gasteiger partial charge on any atom is -0.462 e. The van der Waals surface area contributed by atoms with Crippen LogP contribution < -0.4 is 10.5 Å². The number of nitrogens with two attached hydrogens (primary N) is 1. The van der Waals surface area contributed by atoms with Gasteiger partial charge in [-0.05, 0) is 20.8 Å². The van der Waals surface area contributed by atoms with E-state index in [0.29, 0.717) is 0 Å². The number of H-pyrrole nitrogens is 1. The molecule has 0 spiro atoms. The largest absolute Gasteiger partial charge is 0.462 e. The van der Waals surface area contributed by atoms with Gasteiger partial charge in [0.2, 0.25) is 0 Å². The summed E-state index contributed by atoms with van der Waals surface area (Å²) in [6, 6.07) is -0.855. The van der Waals surface area contributed by atoms with Crippen molar-refractivity contribution >= 4 is 16.0 Å². The molecule has 0 aliphatic rings. The van der Waals surface area contributed by atoms with Gasteiger partial charge < -0.3 is 10.5 Å². The van der Waals surface area contributed by atoms with E-state index in [2.05, 4.69) is 14.9 Å². The van der Waals surface area contributed by atoms with Gasteiger partial charge in [-0.3, -0.25) is 5.10 Å². The van der Waals surface area contributed by atoms with Crippen molar-refractivity contribution in [3.05, 3.63) is 11.8 Å². The number of carbonyl (C=O) groups excluding carboxylic acids is 1. The molecule has 1 rings (SSSR count). The first-order chi connectivity index (χ1) is 8.79. The summed E-state index contributed by atoms with van der Waals surface area (Å²) in [5.74, 6) is -0.745. The van der Waals surface area contributed by atoms with Crippen LogP contribution in [0.2, 0.25) is 0 Å². The van der Waals surface area contributed by atoms with Crippen molar-refractivity contribution in [1.82, 2.24) is 14.9 Å². The van der Waals surface area contributed by atoms with E-state index < -0.39 is 22.0 Å².